The molecule has 2 rings (SSSR count). The highest BCUT2D eigenvalue weighted by Gasteiger charge is 2.28. The molecule has 0 spiro atoms. The zero-order valence-corrected chi connectivity index (χ0v) is 9.03. The van der Waals surface area contributed by atoms with Crippen LogP contribution < -0.4 is 5.73 Å². The quantitative estimate of drug-likeness (QED) is 0.778. The summed E-state index contributed by atoms with van der Waals surface area (Å²) in [7, 11) is 0. The molecule has 0 bridgehead atoms. The number of rotatable bonds is 2. The molecule has 78 valence electrons. The minimum atomic E-state index is 0.550. The van der Waals surface area contributed by atoms with E-state index in [1.807, 2.05) is 0 Å². The van der Waals surface area contributed by atoms with E-state index < -0.39 is 0 Å². The summed E-state index contributed by atoms with van der Waals surface area (Å²) >= 11 is 0. The van der Waals surface area contributed by atoms with Crippen molar-refractivity contribution in [3.05, 3.63) is 17.5 Å². The molecule has 0 aliphatic heterocycles. The van der Waals surface area contributed by atoms with Gasteiger partial charge < -0.3 is 5.73 Å². The van der Waals surface area contributed by atoms with Crippen molar-refractivity contribution in [1.29, 1.82) is 0 Å². The molecule has 1 fully saturated rings. The molecule has 2 unspecified atom stereocenters. The van der Waals surface area contributed by atoms with Crippen LogP contribution in [0.1, 0.15) is 36.7 Å². The number of aryl methyl sites for hydroxylation is 2. The normalized spacial score (nSPS) is 27.1. The van der Waals surface area contributed by atoms with Crippen molar-refractivity contribution >= 4 is 0 Å². The fourth-order valence-corrected chi connectivity index (χ4v) is 2.60. The molecular weight excluding hydrogens is 174 g/mol. The zero-order valence-electron chi connectivity index (χ0n) is 9.03. The molecule has 3 heteroatoms. The van der Waals surface area contributed by atoms with Gasteiger partial charge in [-0.15, -0.1) is 0 Å². The molecule has 0 aromatic carbocycles. The molecule has 3 nitrogen and oxygen atoms in total. The molecule has 2 N–H and O–H groups in total. The van der Waals surface area contributed by atoms with Crippen molar-refractivity contribution < 1.29 is 0 Å². The van der Waals surface area contributed by atoms with Gasteiger partial charge >= 0.3 is 0 Å². The van der Waals surface area contributed by atoms with Crippen molar-refractivity contribution in [2.45, 2.75) is 39.2 Å². The molecule has 1 saturated carbocycles. The zero-order chi connectivity index (χ0) is 10.1. The summed E-state index contributed by atoms with van der Waals surface area (Å²) in [6.45, 7) is 4.98. The van der Waals surface area contributed by atoms with E-state index in [2.05, 4.69) is 29.7 Å². The lowest BCUT2D eigenvalue weighted by Crippen LogP contribution is -2.23. The highest BCUT2D eigenvalue weighted by atomic mass is 15.3. The van der Waals surface area contributed by atoms with E-state index in [9.17, 15) is 0 Å². The average Bonchev–Trinajstić information content (AvgIpc) is 2.71. The lowest BCUT2D eigenvalue weighted by Gasteiger charge is -2.19. The fourth-order valence-electron chi connectivity index (χ4n) is 2.60. The third-order valence-electron chi connectivity index (χ3n) is 3.28. The molecule has 1 aliphatic carbocycles. The van der Waals surface area contributed by atoms with Crippen LogP contribution in [0.25, 0.3) is 0 Å². The second-order valence-electron chi connectivity index (χ2n) is 4.37. The average molecular weight is 193 g/mol. The van der Waals surface area contributed by atoms with Crippen molar-refractivity contribution in [2.24, 2.45) is 11.7 Å². The maximum absolute atomic E-state index is 5.78. The van der Waals surface area contributed by atoms with E-state index in [4.69, 9.17) is 5.73 Å². The number of nitrogens with two attached hydrogens (primary N) is 1. The van der Waals surface area contributed by atoms with Crippen molar-refractivity contribution in [3.8, 4) is 0 Å². The fraction of sp³-hybridized carbons (Fsp3) is 0.727. The molecule has 1 heterocycles. The number of aromatic nitrogens is 2. The third kappa shape index (κ3) is 1.57. The second-order valence-corrected chi connectivity index (χ2v) is 4.37. The minimum Gasteiger partial charge on any atom is -0.330 e. The van der Waals surface area contributed by atoms with Gasteiger partial charge in [-0.25, -0.2) is 0 Å². The van der Waals surface area contributed by atoms with E-state index in [0.717, 1.165) is 12.2 Å². The Morgan fingerprint density at radius 3 is 2.86 bits per heavy atom. The van der Waals surface area contributed by atoms with Crippen molar-refractivity contribution in [3.63, 3.8) is 0 Å². The summed E-state index contributed by atoms with van der Waals surface area (Å²) in [5.41, 5.74) is 8.16. The summed E-state index contributed by atoms with van der Waals surface area (Å²) in [5, 5.41) is 4.55. The Labute approximate surface area is 85.3 Å². The van der Waals surface area contributed by atoms with Crippen LogP contribution in [0.5, 0.6) is 0 Å². The van der Waals surface area contributed by atoms with Gasteiger partial charge in [-0.3, -0.25) is 4.68 Å². The van der Waals surface area contributed by atoms with Gasteiger partial charge in [0.15, 0.2) is 0 Å². The molecule has 14 heavy (non-hydrogen) atoms. The van der Waals surface area contributed by atoms with Crippen LogP contribution in [0.15, 0.2) is 6.07 Å². The standard InChI is InChI=1S/C11H19N3/c1-8-6-9(2)14(13-8)11-5-3-4-10(11)7-12/h6,10-11H,3-5,7,12H2,1-2H3. The van der Waals surface area contributed by atoms with Crippen LogP contribution in [0.4, 0.5) is 0 Å². The molecule has 0 amide bonds. The minimum absolute atomic E-state index is 0.550. The molecule has 1 aliphatic rings. The SMILES string of the molecule is Cc1cc(C)n(C2CCCC2CN)n1. The predicted octanol–water partition coefficient (Wildman–Crippen LogP) is 1.80. The van der Waals surface area contributed by atoms with E-state index in [1.54, 1.807) is 0 Å². The Kier molecular flexibility index (Phi) is 2.59. The molecule has 0 saturated heterocycles. The van der Waals surface area contributed by atoms with Crippen LogP contribution >= 0.6 is 0 Å². The van der Waals surface area contributed by atoms with Gasteiger partial charge in [0, 0.05) is 5.69 Å². The highest BCUT2D eigenvalue weighted by molar-refractivity contribution is 5.08. The van der Waals surface area contributed by atoms with Gasteiger partial charge in [0.1, 0.15) is 0 Å². The van der Waals surface area contributed by atoms with Gasteiger partial charge in [0.05, 0.1) is 11.7 Å². The van der Waals surface area contributed by atoms with Crippen LogP contribution in [-0.4, -0.2) is 16.3 Å². The van der Waals surface area contributed by atoms with Gasteiger partial charge in [0.25, 0.3) is 0 Å². The maximum Gasteiger partial charge on any atom is 0.0596 e. The van der Waals surface area contributed by atoms with Crippen molar-refractivity contribution in [1.82, 2.24) is 9.78 Å². The second kappa shape index (κ2) is 3.73. The Hall–Kier alpha value is -0.830. The lowest BCUT2D eigenvalue weighted by molar-refractivity contribution is 0.351. The molecule has 0 radical (unpaired) electrons. The van der Waals surface area contributed by atoms with Gasteiger partial charge in [0.2, 0.25) is 0 Å². The Balaban J connectivity index is 2.25. The maximum atomic E-state index is 5.78. The van der Waals surface area contributed by atoms with E-state index in [-0.39, 0.29) is 0 Å². The molecule has 2 atom stereocenters. The number of nitrogens with zero attached hydrogens (tertiary/aromatic N) is 2. The first-order valence-electron chi connectivity index (χ1n) is 5.45. The summed E-state index contributed by atoms with van der Waals surface area (Å²) in [5.74, 6) is 0.632. The number of hydrogen-bond donors (Lipinski definition) is 1. The van der Waals surface area contributed by atoms with E-state index in [1.165, 1.54) is 25.0 Å². The Bertz CT molecular complexity index is 316. The van der Waals surface area contributed by atoms with Gasteiger partial charge in [-0.2, -0.15) is 5.10 Å². The van der Waals surface area contributed by atoms with E-state index >= 15 is 0 Å². The topological polar surface area (TPSA) is 43.8 Å². The first-order valence-corrected chi connectivity index (χ1v) is 5.45. The van der Waals surface area contributed by atoms with E-state index in [0.29, 0.717) is 12.0 Å². The summed E-state index contributed by atoms with van der Waals surface area (Å²) in [6.07, 6.45) is 3.80. The van der Waals surface area contributed by atoms with Crippen LogP contribution in [0, 0.1) is 19.8 Å². The number of hydrogen-bond acceptors (Lipinski definition) is 2. The Morgan fingerprint density at radius 1 is 1.50 bits per heavy atom. The van der Waals surface area contributed by atoms with Gasteiger partial charge in [-0.05, 0) is 45.2 Å². The summed E-state index contributed by atoms with van der Waals surface area (Å²) in [4.78, 5) is 0. The van der Waals surface area contributed by atoms with Crippen LogP contribution in [0.3, 0.4) is 0 Å². The predicted molar refractivity (Wildman–Crippen MR) is 57.1 cm³/mol. The molecule has 1 aromatic heterocycles. The first-order chi connectivity index (χ1) is 6.72. The monoisotopic (exact) mass is 193 g/mol. The largest absolute Gasteiger partial charge is 0.330 e. The van der Waals surface area contributed by atoms with Crippen molar-refractivity contribution in [2.75, 3.05) is 6.54 Å². The van der Waals surface area contributed by atoms with Crippen LogP contribution in [0.2, 0.25) is 0 Å². The molecular formula is C11H19N3. The Morgan fingerprint density at radius 2 is 2.29 bits per heavy atom. The summed E-state index contributed by atoms with van der Waals surface area (Å²) in [6, 6.07) is 2.69. The lowest BCUT2D eigenvalue weighted by atomic mass is 10.0. The van der Waals surface area contributed by atoms with Gasteiger partial charge in [-0.1, -0.05) is 6.42 Å². The smallest absolute Gasteiger partial charge is 0.0596 e. The molecule has 1 aromatic rings. The first kappa shape index (κ1) is 9.71. The highest BCUT2D eigenvalue weighted by Crippen LogP contribution is 2.35. The summed E-state index contributed by atoms with van der Waals surface area (Å²) < 4.78 is 2.18. The third-order valence-corrected chi connectivity index (χ3v) is 3.28. The van der Waals surface area contributed by atoms with Crippen LogP contribution in [-0.2, 0) is 0 Å².